The van der Waals surface area contributed by atoms with Gasteiger partial charge in [0.25, 0.3) is 0 Å². The quantitative estimate of drug-likeness (QED) is 0.646. The van der Waals surface area contributed by atoms with Gasteiger partial charge in [0.15, 0.2) is 0 Å². The summed E-state index contributed by atoms with van der Waals surface area (Å²) in [7, 11) is 0. The van der Waals surface area contributed by atoms with E-state index in [-0.39, 0.29) is 0 Å². The zero-order chi connectivity index (χ0) is 15.2. The van der Waals surface area contributed by atoms with E-state index in [1.165, 1.54) is 0 Å². The average molecular weight is 311 g/mol. The first-order chi connectivity index (χ1) is 10.8. The molecule has 3 rings (SSSR count). The van der Waals surface area contributed by atoms with E-state index in [1.54, 1.807) is 35.9 Å². The van der Waals surface area contributed by atoms with E-state index in [0.29, 0.717) is 11.6 Å². The standard InChI is InChI=1S/C15H13N5OS/c21-15(18-13-4-2-1-3-5-13)20-19-14-16-8-12(9-17-14)11-6-7-22-10-11/h1-10H,(H,16,17,19)(H2,18,20,21). The Morgan fingerprint density at radius 2 is 1.77 bits per heavy atom. The first-order valence-electron chi connectivity index (χ1n) is 6.54. The number of urea groups is 1. The molecule has 110 valence electrons. The molecule has 1 aromatic carbocycles. The third-order valence-corrected chi connectivity index (χ3v) is 3.51. The van der Waals surface area contributed by atoms with Gasteiger partial charge in [0.2, 0.25) is 5.95 Å². The van der Waals surface area contributed by atoms with Gasteiger partial charge < -0.3 is 5.32 Å². The number of aromatic nitrogens is 2. The van der Waals surface area contributed by atoms with E-state index in [0.717, 1.165) is 11.1 Å². The monoisotopic (exact) mass is 311 g/mol. The van der Waals surface area contributed by atoms with Gasteiger partial charge in [0.1, 0.15) is 0 Å². The van der Waals surface area contributed by atoms with E-state index in [2.05, 4.69) is 26.1 Å². The van der Waals surface area contributed by atoms with Gasteiger partial charge in [-0.1, -0.05) is 18.2 Å². The van der Waals surface area contributed by atoms with Crippen molar-refractivity contribution in [3.63, 3.8) is 0 Å². The number of benzene rings is 1. The zero-order valence-electron chi connectivity index (χ0n) is 11.5. The Morgan fingerprint density at radius 1 is 1.00 bits per heavy atom. The van der Waals surface area contributed by atoms with Crippen LogP contribution in [0.3, 0.4) is 0 Å². The minimum Gasteiger partial charge on any atom is -0.307 e. The Labute approximate surface area is 131 Å². The van der Waals surface area contributed by atoms with Crippen molar-refractivity contribution in [2.45, 2.75) is 0 Å². The van der Waals surface area contributed by atoms with Crippen LogP contribution in [0.1, 0.15) is 0 Å². The van der Waals surface area contributed by atoms with Crippen LogP contribution in [-0.2, 0) is 0 Å². The highest BCUT2D eigenvalue weighted by Gasteiger charge is 2.03. The maximum atomic E-state index is 11.7. The van der Waals surface area contributed by atoms with Gasteiger partial charge >= 0.3 is 6.03 Å². The van der Waals surface area contributed by atoms with Crippen molar-refractivity contribution < 1.29 is 4.79 Å². The molecule has 0 atom stereocenters. The fraction of sp³-hybridized carbons (Fsp3) is 0. The van der Waals surface area contributed by atoms with Gasteiger partial charge in [0, 0.05) is 23.6 Å². The predicted molar refractivity (Wildman–Crippen MR) is 87.6 cm³/mol. The Morgan fingerprint density at radius 3 is 2.45 bits per heavy atom. The summed E-state index contributed by atoms with van der Waals surface area (Å²) in [5.74, 6) is 0.321. The summed E-state index contributed by atoms with van der Waals surface area (Å²) < 4.78 is 0. The van der Waals surface area contributed by atoms with Crippen molar-refractivity contribution >= 4 is 29.0 Å². The molecule has 0 saturated heterocycles. The summed E-state index contributed by atoms with van der Waals surface area (Å²) in [5, 5.41) is 6.70. The number of nitrogens with zero attached hydrogens (tertiary/aromatic N) is 2. The first-order valence-corrected chi connectivity index (χ1v) is 7.48. The van der Waals surface area contributed by atoms with Crippen LogP contribution in [0.25, 0.3) is 11.1 Å². The van der Waals surface area contributed by atoms with E-state index in [1.807, 2.05) is 35.0 Å². The number of rotatable bonds is 4. The van der Waals surface area contributed by atoms with Crippen molar-refractivity contribution in [2.24, 2.45) is 0 Å². The van der Waals surface area contributed by atoms with Gasteiger partial charge in [-0.25, -0.2) is 20.2 Å². The molecule has 7 heteroatoms. The lowest BCUT2D eigenvalue weighted by Gasteiger charge is -2.08. The third-order valence-electron chi connectivity index (χ3n) is 2.83. The number of hydrogen-bond donors (Lipinski definition) is 3. The number of anilines is 2. The second kappa shape index (κ2) is 6.68. The zero-order valence-corrected chi connectivity index (χ0v) is 12.3. The van der Waals surface area contributed by atoms with E-state index < -0.39 is 6.03 Å². The number of carbonyl (C=O) groups excluding carboxylic acids is 1. The molecule has 0 bridgehead atoms. The molecule has 0 radical (unpaired) electrons. The highest BCUT2D eigenvalue weighted by molar-refractivity contribution is 7.08. The van der Waals surface area contributed by atoms with Crippen LogP contribution in [0.5, 0.6) is 0 Å². The maximum absolute atomic E-state index is 11.7. The van der Waals surface area contributed by atoms with Crippen LogP contribution in [0, 0.1) is 0 Å². The van der Waals surface area contributed by atoms with Crippen LogP contribution in [0.15, 0.2) is 59.6 Å². The van der Waals surface area contributed by atoms with E-state index in [9.17, 15) is 4.79 Å². The lowest BCUT2D eigenvalue weighted by atomic mass is 10.2. The Kier molecular flexibility index (Phi) is 4.26. The molecule has 3 aromatic rings. The lowest BCUT2D eigenvalue weighted by molar-refractivity contribution is 0.253. The third kappa shape index (κ3) is 3.58. The molecular weight excluding hydrogens is 298 g/mol. The van der Waals surface area contributed by atoms with Crippen molar-refractivity contribution in [3.05, 3.63) is 59.6 Å². The van der Waals surface area contributed by atoms with Gasteiger partial charge in [-0.3, -0.25) is 5.43 Å². The number of hydrazine groups is 1. The SMILES string of the molecule is O=C(NNc1ncc(-c2ccsc2)cn1)Nc1ccccc1. The number of nitrogens with one attached hydrogen (secondary N) is 3. The number of hydrogen-bond acceptors (Lipinski definition) is 5. The van der Waals surface area contributed by atoms with E-state index in [4.69, 9.17) is 0 Å². The van der Waals surface area contributed by atoms with Gasteiger partial charge in [-0.15, -0.1) is 0 Å². The summed E-state index contributed by atoms with van der Waals surface area (Å²) in [6.45, 7) is 0. The molecule has 0 spiro atoms. The number of carbonyl (C=O) groups is 1. The molecule has 0 fully saturated rings. The Balaban J connectivity index is 1.54. The minimum atomic E-state index is -0.392. The molecule has 0 unspecified atom stereocenters. The summed E-state index contributed by atoms with van der Waals surface area (Å²) in [5.41, 5.74) is 7.84. The van der Waals surface area contributed by atoms with E-state index >= 15 is 0 Å². The molecular formula is C15H13N5OS. The first kappa shape index (κ1) is 14.0. The fourth-order valence-electron chi connectivity index (χ4n) is 1.77. The van der Waals surface area contributed by atoms with Crippen molar-refractivity contribution in [3.8, 4) is 11.1 Å². The molecule has 3 N–H and O–H groups in total. The molecule has 0 aliphatic heterocycles. The minimum absolute atomic E-state index is 0.321. The molecule has 2 aromatic heterocycles. The second-order valence-electron chi connectivity index (χ2n) is 4.38. The normalized spacial score (nSPS) is 10.0. The molecule has 2 heterocycles. The van der Waals surface area contributed by atoms with Crippen LogP contribution in [0.2, 0.25) is 0 Å². The summed E-state index contributed by atoms with van der Waals surface area (Å²) in [4.78, 5) is 20.0. The Hall–Kier alpha value is -2.93. The number of para-hydroxylation sites is 1. The topological polar surface area (TPSA) is 78.9 Å². The molecule has 22 heavy (non-hydrogen) atoms. The summed E-state index contributed by atoms with van der Waals surface area (Å²) in [6, 6.07) is 10.8. The van der Waals surface area contributed by atoms with Crippen LogP contribution in [0.4, 0.5) is 16.4 Å². The molecule has 6 nitrogen and oxygen atoms in total. The molecule has 0 aliphatic carbocycles. The van der Waals surface area contributed by atoms with Crippen LogP contribution < -0.4 is 16.2 Å². The van der Waals surface area contributed by atoms with Crippen LogP contribution in [-0.4, -0.2) is 16.0 Å². The van der Waals surface area contributed by atoms with Gasteiger partial charge in [-0.05, 0) is 34.5 Å². The smallest absolute Gasteiger partial charge is 0.307 e. The predicted octanol–water partition coefficient (Wildman–Crippen LogP) is 3.35. The van der Waals surface area contributed by atoms with Crippen molar-refractivity contribution in [1.82, 2.24) is 15.4 Å². The number of amides is 2. The highest BCUT2D eigenvalue weighted by Crippen LogP contribution is 2.20. The number of thiophene rings is 1. The van der Waals surface area contributed by atoms with Gasteiger partial charge in [0.05, 0.1) is 0 Å². The molecule has 2 amide bonds. The molecule has 0 saturated carbocycles. The fourth-order valence-corrected chi connectivity index (χ4v) is 2.43. The van der Waals surface area contributed by atoms with Gasteiger partial charge in [-0.2, -0.15) is 11.3 Å². The Bertz CT molecular complexity index is 728. The average Bonchev–Trinajstić information content (AvgIpc) is 3.09. The largest absolute Gasteiger partial charge is 0.337 e. The lowest BCUT2D eigenvalue weighted by Crippen LogP contribution is -2.34. The van der Waals surface area contributed by atoms with Crippen molar-refractivity contribution in [1.29, 1.82) is 0 Å². The van der Waals surface area contributed by atoms with Crippen LogP contribution >= 0.6 is 11.3 Å². The van der Waals surface area contributed by atoms with Crippen molar-refractivity contribution in [2.75, 3.05) is 10.7 Å². The second-order valence-corrected chi connectivity index (χ2v) is 5.16. The maximum Gasteiger partial charge on any atom is 0.337 e. The summed E-state index contributed by atoms with van der Waals surface area (Å²) in [6.07, 6.45) is 3.41. The highest BCUT2D eigenvalue weighted by atomic mass is 32.1. The molecule has 0 aliphatic rings. The summed E-state index contributed by atoms with van der Waals surface area (Å²) >= 11 is 1.62.